The second-order valence-corrected chi connectivity index (χ2v) is 11.8. The summed E-state index contributed by atoms with van der Waals surface area (Å²) in [5.74, 6) is -2.79. The lowest BCUT2D eigenvalue weighted by atomic mass is 9.93. The number of phenolic OH excluding ortho intramolecular Hbond substituents is 1. The lowest BCUT2D eigenvalue weighted by Gasteiger charge is -2.31. The molecule has 1 saturated heterocycles. The normalized spacial score (nSPS) is 15.6. The van der Waals surface area contributed by atoms with Gasteiger partial charge in [0, 0.05) is 34.6 Å². The number of anilines is 1. The van der Waals surface area contributed by atoms with E-state index in [9.17, 15) is 35.9 Å². The first-order valence-electron chi connectivity index (χ1n) is 11.4. The molecule has 198 valence electrons. The van der Waals surface area contributed by atoms with Gasteiger partial charge in [0.2, 0.25) is 10.0 Å². The number of carbonyl (C=O) groups excluding carboxylic acids is 1. The van der Waals surface area contributed by atoms with Gasteiger partial charge in [0.1, 0.15) is 11.6 Å². The number of nitrogens with zero attached hydrogens (tertiary/aromatic N) is 1. The largest absolute Gasteiger partial charge is 0.508 e. The molecule has 0 atom stereocenters. The van der Waals surface area contributed by atoms with Gasteiger partial charge in [-0.1, -0.05) is 12.1 Å². The molecule has 1 aliphatic heterocycles. The van der Waals surface area contributed by atoms with E-state index in [-0.39, 0.29) is 24.8 Å². The van der Waals surface area contributed by atoms with Crippen LogP contribution in [0.5, 0.6) is 5.75 Å². The Bertz CT molecular complexity index is 1400. The molecule has 0 spiro atoms. The van der Waals surface area contributed by atoms with Crippen LogP contribution in [-0.2, 0) is 10.0 Å². The number of aromatic hydroxyl groups is 1. The number of phenols is 1. The first-order valence-corrected chi connectivity index (χ1v) is 13.9. The Kier molecular flexibility index (Phi) is 7.63. The molecule has 1 amide bonds. The number of amides is 1. The molecule has 1 aliphatic rings. The van der Waals surface area contributed by atoms with E-state index in [1.54, 1.807) is 24.4 Å². The fourth-order valence-corrected chi connectivity index (χ4v) is 7.05. The highest BCUT2D eigenvalue weighted by atomic mass is 32.2. The van der Waals surface area contributed by atoms with E-state index in [1.807, 2.05) is 0 Å². The molecule has 2 N–H and O–H groups in total. The molecule has 3 aromatic rings. The van der Waals surface area contributed by atoms with Gasteiger partial charge in [-0.25, -0.2) is 17.1 Å². The number of thiophene rings is 1. The molecule has 37 heavy (non-hydrogen) atoms. The predicted molar refractivity (Wildman–Crippen MR) is 134 cm³/mol. The monoisotopic (exact) mass is 556 g/mol. The van der Waals surface area contributed by atoms with E-state index in [0.29, 0.717) is 40.8 Å². The van der Waals surface area contributed by atoms with Crippen molar-refractivity contribution < 1.29 is 35.9 Å². The predicted octanol–water partition coefficient (Wildman–Crippen LogP) is 5.89. The topological polar surface area (TPSA) is 86.7 Å². The van der Waals surface area contributed by atoms with E-state index in [2.05, 4.69) is 5.32 Å². The van der Waals surface area contributed by atoms with Crippen molar-refractivity contribution in [2.75, 3.05) is 24.2 Å². The van der Waals surface area contributed by atoms with Crippen molar-refractivity contribution in [2.24, 2.45) is 0 Å². The Labute approximate surface area is 215 Å². The molecule has 2 aromatic carbocycles. The summed E-state index contributed by atoms with van der Waals surface area (Å²) in [6, 6.07) is 10.1. The summed E-state index contributed by atoms with van der Waals surface area (Å²) in [5, 5.41) is 14.0. The van der Waals surface area contributed by atoms with Crippen molar-refractivity contribution >= 4 is 33.0 Å². The fraction of sp³-hybridized carbons (Fsp3) is 0.320. The average Bonchev–Trinajstić information content (AvgIpc) is 3.20. The molecule has 2 heterocycles. The molecule has 4 rings (SSSR count). The SMILES string of the molecule is Cc1c(C(=O)Nc2ccc(F)cc2-c2ccc(O)cc2)csc1C1CCN(S(=O)(=O)CC(F)(F)F)CC1. The molecular formula is C25H24F4N2O4S2. The van der Waals surface area contributed by atoms with Crippen molar-refractivity contribution in [3.05, 3.63) is 69.7 Å². The number of alkyl halides is 3. The number of nitrogens with one attached hydrogen (secondary N) is 1. The molecule has 12 heteroatoms. The Morgan fingerprint density at radius 2 is 1.78 bits per heavy atom. The summed E-state index contributed by atoms with van der Waals surface area (Å²) in [6.07, 6.45) is -4.10. The molecular weight excluding hydrogens is 532 g/mol. The lowest BCUT2D eigenvalue weighted by molar-refractivity contribution is -0.107. The molecule has 1 fully saturated rings. The third-order valence-corrected chi connectivity index (χ3v) is 9.39. The Balaban J connectivity index is 1.48. The molecule has 0 unspecified atom stereocenters. The number of carbonyl (C=O) groups is 1. The van der Waals surface area contributed by atoms with Crippen molar-refractivity contribution in [3.63, 3.8) is 0 Å². The maximum atomic E-state index is 14.0. The van der Waals surface area contributed by atoms with Crippen LogP contribution in [0.15, 0.2) is 47.8 Å². The number of hydrogen-bond donors (Lipinski definition) is 2. The van der Waals surface area contributed by atoms with Gasteiger partial charge in [0.15, 0.2) is 5.75 Å². The minimum Gasteiger partial charge on any atom is -0.508 e. The lowest BCUT2D eigenvalue weighted by Crippen LogP contribution is -2.42. The quantitative estimate of drug-likeness (QED) is 0.371. The number of halogens is 4. The fourth-order valence-electron chi connectivity index (χ4n) is 4.45. The van der Waals surface area contributed by atoms with Crippen LogP contribution in [0.3, 0.4) is 0 Å². The van der Waals surface area contributed by atoms with Crippen LogP contribution in [0.4, 0.5) is 23.2 Å². The number of rotatable bonds is 6. The minimum absolute atomic E-state index is 0.0203. The maximum Gasteiger partial charge on any atom is 0.404 e. The van der Waals surface area contributed by atoms with Crippen LogP contribution in [0.25, 0.3) is 11.1 Å². The van der Waals surface area contributed by atoms with Crippen LogP contribution >= 0.6 is 11.3 Å². The van der Waals surface area contributed by atoms with Gasteiger partial charge in [0.25, 0.3) is 5.91 Å². The number of piperidine rings is 1. The third kappa shape index (κ3) is 6.31. The van der Waals surface area contributed by atoms with Gasteiger partial charge in [-0.3, -0.25) is 4.79 Å². The highest BCUT2D eigenvalue weighted by Crippen LogP contribution is 2.38. The van der Waals surface area contributed by atoms with Gasteiger partial charge in [-0.05, 0) is 67.1 Å². The third-order valence-electron chi connectivity index (χ3n) is 6.29. The summed E-state index contributed by atoms with van der Waals surface area (Å²) in [7, 11) is -4.43. The Morgan fingerprint density at radius 3 is 2.41 bits per heavy atom. The van der Waals surface area contributed by atoms with Crippen LogP contribution in [-0.4, -0.2) is 48.8 Å². The van der Waals surface area contributed by atoms with E-state index in [0.717, 1.165) is 9.18 Å². The first-order chi connectivity index (χ1) is 17.3. The van der Waals surface area contributed by atoms with Gasteiger partial charge in [-0.2, -0.15) is 13.2 Å². The number of hydrogen-bond acceptors (Lipinski definition) is 5. The number of sulfonamides is 1. The number of benzene rings is 2. The zero-order valence-corrected chi connectivity index (χ0v) is 21.3. The molecule has 0 bridgehead atoms. The summed E-state index contributed by atoms with van der Waals surface area (Å²) < 4.78 is 76.9. The van der Waals surface area contributed by atoms with E-state index in [4.69, 9.17) is 0 Å². The van der Waals surface area contributed by atoms with Crippen molar-refractivity contribution in [3.8, 4) is 16.9 Å². The Morgan fingerprint density at radius 1 is 1.14 bits per heavy atom. The second-order valence-electron chi connectivity index (χ2n) is 8.87. The molecule has 0 saturated carbocycles. The van der Waals surface area contributed by atoms with Crippen LogP contribution in [0, 0.1) is 12.7 Å². The standard InChI is InChI=1S/C25H24F4N2O4S2/c1-15-21(13-36-23(15)17-8-10-31(11-9-17)37(34,35)14-25(27,28)29)24(33)30-22-7-4-18(26)12-20(22)16-2-5-19(32)6-3-16/h2-7,12-13,17,32H,8-11,14H2,1H3,(H,30,33). The molecule has 0 radical (unpaired) electrons. The highest BCUT2D eigenvalue weighted by Gasteiger charge is 2.40. The summed E-state index contributed by atoms with van der Waals surface area (Å²) in [5.41, 5.74) is 2.55. The van der Waals surface area contributed by atoms with Gasteiger partial charge in [-0.15, -0.1) is 11.3 Å². The second kappa shape index (κ2) is 10.4. The van der Waals surface area contributed by atoms with Gasteiger partial charge >= 0.3 is 6.18 Å². The van der Waals surface area contributed by atoms with E-state index in [1.165, 1.54) is 41.7 Å². The Hall–Kier alpha value is -2.96. The van der Waals surface area contributed by atoms with Crippen molar-refractivity contribution in [1.29, 1.82) is 0 Å². The van der Waals surface area contributed by atoms with Crippen LogP contribution in [0.1, 0.15) is 39.6 Å². The highest BCUT2D eigenvalue weighted by molar-refractivity contribution is 7.89. The van der Waals surface area contributed by atoms with Crippen LogP contribution < -0.4 is 5.32 Å². The average molecular weight is 557 g/mol. The first kappa shape index (κ1) is 27.1. The molecule has 0 aliphatic carbocycles. The minimum atomic E-state index is -4.80. The zero-order chi connectivity index (χ0) is 27.0. The molecule has 1 aromatic heterocycles. The summed E-state index contributed by atoms with van der Waals surface area (Å²) >= 11 is 1.35. The van der Waals surface area contributed by atoms with Crippen molar-refractivity contribution in [1.82, 2.24) is 4.31 Å². The zero-order valence-electron chi connectivity index (χ0n) is 19.7. The van der Waals surface area contributed by atoms with Crippen LogP contribution in [0.2, 0.25) is 0 Å². The van der Waals surface area contributed by atoms with Crippen molar-refractivity contribution in [2.45, 2.75) is 31.9 Å². The smallest absolute Gasteiger partial charge is 0.404 e. The summed E-state index contributed by atoms with van der Waals surface area (Å²) in [4.78, 5) is 14.0. The van der Waals surface area contributed by atoms with E-state index >= 15 is 0 Å². The van der Waals surface area contributed by atoms with Gasteiger partial charge in [0.05, 0.1) is 5.56 Å². The van der Waals surface area contributed by atoms with E-state index < -0.39 is 33.7 Å². The maximum absolute atomic E-state index is 14.0. The molecule has 6 nitrogen and oxygen atoms in total. The van der Waals surface area contributed by atoms with Gasteiger partial charge < -0.3 is 10.4 Å². The summed E-state index contributed by atoms with van der Waals surface area (Å²) in [6.45, 7) is 1.74.